The molecule has 0 radical (unpaired) electrons. The van der Waals surface area contributed by atoms with E-state index in [2.05, 4.69) is 10.1 Å². The van der Waals surface area contributed by atoms with Crippen molar-refractivity contribution in [3.63, 3.8) is 0 Å². The molecule has 0 saturated carbocycles. The zero-order valence-electron chi connectivity index (χ0n) is 13.7. The Morgan fingerprint density at radius 2 is 1.78 bits per heavy atom. The Bertz CT molecular complexity index is 794. The molecule has 0 unspecified atom stereocenters. The van der Waals surface area contributed by atoms with Crippen LogP contribution in [-0.4, -0.2) is 23.7 Å². The molecule has 0 aliphatic carbocycles. The molecule has 120 valence electrons. The Kier molecular flexibility index (Phi) is 4.90. The minimum atomic E-state index is -2.58. The number of carbonyl (C=O) groups is 2. The quantitative estimate of drug-likeness (QED) is 0.768. The normalized spacial score (nSPS) is 12.1. The van der Waals surface area contributed by atoms with Gasteiger partial charge in [0.25, 0.3) is 0 Å². The number of anilines is 2. The smallest absolute Gasteiger partial charge is 0.341 e. The summed E-state index contributed by atoms with van der Waals surface area (Å²) in [5.41, 5.74) is 0.559. The van der Waals surface area contributed by atoms with E-state index < -0.39 is 24.9 Å². The lowest BCUT2D eigenvalue weighted by molar-refractivity contribution is -0.154. The highest BCUT2D eigenvalue weighted by Crippen LogP contribution is 2.33. The second-order valence-electron chi connectivity index (χ2n) is 4.36. The second-order valence-corrected chi connectivity index (χ2v) is 5.18. The van der Waals surface area contributed by atoms with Gasteiger partial charge in [-0.2, -0.15) is 0 Å². The van der Waals surface area contributed by atoms with Gasteiger partial charge in [0.1, 0.15) is 0 Å². The van der Waals surface area contributed by atoms with Crippen molar-refractivity contribution in [3.8, 4) is 0 Å². The molecule has 0 heterocycles. The molecule has 2 rings (SSSR count). The summed E-state index contributed by atoms with van der Waals surface area (Å²) in [5, 5.41) is 12.1. The molecule has 5 nitrogen and oxygen atoms in total. The predicted molar refractivity (Wildman–Crippen MR) is 88.5 cm³/mol. The number of nitrogens with one attached hydrogen (secondary N) is 1. The Balaban J connectivity index is 2.37. The van der Waals surface area contributed by atoms with Crippen LogP contribution in [0.3, 0.4) is 0 Å². The summed E-state index contributed by atoms with van der Waals surface area (Å²) in [6.45, 7) is -0.926. The number of benzene rings is 2. The van der Waals surface area contributed by atoms with Crippen LogP contribution in [0, 0.1) is 0 Å². The van der Waals surface area contributed by atoms with Gasteiger partial charge in [-0.25, -0.2) is 4.79 Å². The van der Waals surface area contributed by atoms with Gasteiger partial charge in [0.2, 0.25) is 0 Å². The van der Waals surface area contributed by atoms with Crippen LogP contribution in [0.2, 0.25) is 10.0 Å². The molecule has 2 aromatic carbocycles. The molecular formula is C16H13Cl2NO4. The van der Waals surface area contributed by atoms with Crippen molar-refractivity contribution in [2.24, 2.45) is 0 Å². The predicted octanol–water partition coefficient (Wildman–Crippen LogP) is 3.91. The number of ether oxygens (including phenoxy) is 1. The summed E-state index contributed by atoms with van der Waals surface area (Å²) in [4.78, 5) is 22.5. The maximum Gasteiger partial charge on any atom is 0.341 e. The van der Waals surface area contributed by atoms with E-state index in [0.717, 1.165) is 0 Å². The van der Waals surface area contributed by atoms with Crippen molar-refractivity contribution in [2.45, 2.75) is 6.37 Å². The van der Waals surface area contributed by atoms with Gasteiger partial charge in [-0.05, 0) is 23.8 Å². The fourth-order valence-corrected chi connectivity index (χ4v) is 2.22. The number of carboxylic acids is 1. The van der Waals surface area contributed by atoms with Gasteiger partial charge in [0, 0.05) is 8.43 Å². The van der Waals surface area contributed by atoms with Crippen molar-refractivity contribution in [1.29, 1.82) is 0 Å². The summed E-state index contributed by atoms with van der Waals surface area (Å²) in [6.07, 6.45) is -2.58. The first-order chi connectivity index (χ1) is 11.7. The number of hydrogen-bond acceptors (Lipinski definition) is 4. The van der Waals surface area contributed by atoms with Crippen molar-refractivity contribution in [2.75, 3.05) is 11.9 Å². The Morgan fingerprint density at radius 3 is 2.43 bits per heavy atom. The molecule has 0 aromatic heterocycles. The largest absolute Gasteiger partial charge is 0.479 e. The summed E-state index contributed by atoms with van der Waals surface area (Å²) in [5.74, 6) is -2.69. The standard InChI is InChI=1S/C16H13Cl2NO4/c17-11-5-3-6-12(18)16(11)19-13-7-2-1-4-10(13)8-15(22)23-9-14(20)21/h1-7,19H,8-9H2,(H,20,21)/i8D2. The van der Waals surface area contributed by atoms with E-state index in [1.54, 1.807) is 24.3 Å². The second kappa shape index (κ2) is 7.85. The van der Waals surface area contributed by atoms with Crippen molar-refractivity contribution >= 4 is 46.5 Å². The maximum absolute atomic E-state index is 12.0. The molecule has 0 aliphatic heterocycles. The topological polar surface area (TPSA) is 75.6 Å². The van der Waals surface area contributed by atoms with Gasteiger partial charge >= 0.3 is 11.9 Å². The molecule has 0 bridgehead atoms. The molecule has 0 fully saturated rings. The van der Waals surface area contributed by atoms with E-state index in [0.29, 0.717) is 15.7 Å². The van der Waals surface area contributed by atoms with E-state index >= 15 is 0 Å². The van der Waals surface area contributed by atoms with Crippen molar-refractivity contribution < 1.29 is 22.2 Å². The fraction of sp³-hybridized carbons (Fsp3) is 0.125. The molecule has 0 saturated heterocycles. The van der Waals surface area contributed by atoms with Crippen LogP contribution in [-0.2, 0) is 20.7 Å². The van der Waals surface area contributed by atoms with E-state index in [1.165, 1.54) is 18.2 Å². The van der Waals surface area contributed by atoms with Gasteiger partial charge in [0.05, 0.1) is 22.1 Å². The zero-order chi connectivity index (χ0) is 18.6. The van der Waals surface area contributed by atoms with E-state index in [1.807, 2.05) is 0 Å². The number of esters is 1. The number of carboxylic acid groups (broad SMARTS) is 1. The molecule has 2 aromatic rings. The minimum Gasteiger partial charge on any atom is -0.479 e. The van der Waals surface area contributed by atoms with E-state index in [4.69, 9.17) is 31.0 Å². The van der Waals surface area contributed by atoms with Crippen molar-refractivity contribution in [3.05, 3.63) is 58.1 Å². The first-order valence-corrected chi connectivity index (χ1v) is 7.18. The van der Waals surface area contributed by atoms with Crippen LogP contribution >= 0.6 is 23.2 Å². The number of halogens is 2. The molecule has 0 aliphatic rings. The molecule has 0 atom stereocenters. The molecule has 2 N–H and O–H groups in total. The molecular weight excluding hydrogens is 341 g/mol. The maximum atomic E-state index is 12.0. The van der Waals surface area contributed by atoms with Crippen LogP contribution in [0.1, 0.15) is 8.30 Å². The number of para-hydroxylation sites is 2. The SMILES string of the molecule is [2H]C([2H])(C(=O)OCC(=O)O)c1ccccc1Nc1c(Cl)cccc1Cl. The van der Waals surface area contributed by atoms with Gasteiger partial charge in [-0.3, -0.25) is 4.79 Å². The van der Waals surface area contributed by atoms with Crippen LogP contribution in [0.4, 0.5) is 11.4 Å². The summed E-state index contributed by atoms with van der Waals surface area (Å²) >= 11 is 12.2. The lowest BCUT2D eigenvalue weighted by Crippen LogP contribution is -2.15. The molecule has 23 heavy (non-hydrogen) atoms. The highest BCUT2D eigenvalue weighted by Gasteiger charge is 2.12. The Labute approximate surface area is 145 Å². The van der Waals surface area contributed by atoms with Crippen LogP contribution < -0.4 is 5.32 Å². The summed E-state index contributed by atoms with van der Waals surface area (Å²) < 4.78 is 20.5. The number of aliphatic carboxylic acids is 1. The number of hydrogen-bond donors (Lipinski definition) is 2. The van der Waals surface area contributed by atoms with E-state index in [9.17, 15) is 9.59 Å². The number of carbonyl (C=O) groups excluding carboxylic acids is 1. The first-order valence-electron chi connectivity index (χ1n) is 7.43. The molecule has 0 spiro atoms. The van der Waals surface area contributed by atoms with Gasteiger partial charge in [0.15, 0.2) is 6.61 Å². The fourth-order valence-electron chi connectivity index (χ4n) is 1.73. The highest BCUT2D eigenvalue weighted by atomic mass is 35.5. The van der Waals surface area contributed by atoms with Crippen LogP contribution in [0.5, 0.6) is 0 Å². The zero-order valence-corrected chi connectivity index (χ0v) is 13.2. The average molecular weight is 356 g/mol. The summed E-state index contributed by atoms with van der Waals surface area (Å²) in [6, 6.07) is 11.0. The molecule has 0 amide bonds. The third-order valence-electron chi connectivity index (χ3n) is 2.71. The van der Waals surface area contributed by atoms with Crippen molar-refractivity contribution in [1.82, 2.24) is 0 Å². The Hall–Kier alpha value is -2.24. The minimum absolute atomic E-state index is 0.0404. The van der Waals surface area contributed by atoms with E-state index in [-0.39, 0.29) is 11.3 Å². The van der Waals surface area contributed by atoms with Gasteiger partial charge < -0.3 is 15.2 Å². The van der Waals surface area contributed by atoms with Crippen LogP contribution in [0.25, 0.3) is 0 Å². The highest BCUT2D eigenvalue weighted by molar-refractivity contribution is 6.39. The number of rotatable bonds is 6. The monoisotopic (exact) mass is 355 g/mol. The lowest BCUT2D eigenvalue weighted by Gasteiger charge is -2.14. The summed E-state index contributed by atoms with van der Waals surface area (Å²) in [7, 11) is 0. The lowest BCUT2D eigenvalue weighted by atomic mass is 10.1. The third kappa shape index (κ3) is 4.87. The third-order valence-corrected chi connectivity index (χ3v) is 3.34. The van der Waals surface area contributed by atoms with Crippen LogP contribution in [0.15, 0.2) is 42.5 Å². The average Bonchev–Trinajstić information content (AvgIpc) is 2.56. The van der Waals surface area contributed by atoms with Gasteiger partial charge in [-0.15, -0.1) is 0 Å². The molecule has 7 heteroatoms. The first kappa shape index (κ1) is 14.4. The van der Waals surface area contributed by atoms with Gasteiger partial charge in [-0.1, -0.05) is 47.5 Å². The Morgan fingerprint density at radius 1 is 1.13 bits per heavy atom.